The highest BCUT2D eigenvalue weighted by atomic mass is 16.2. The summed E-state index contributed by atoms with van der Waals surface area (Å²) in [5.41, 5.74) is -0.680. The van der Waals surface area contributed by atoms with Crippen LogP contribution < -0.4 is 10.6 Å². The van der Waals surface area contributed by atoms with E-state index in [0.717, 1.165) is 38.5 Å². The first-order chi connectivity index (χ1) is 11.4. The minimum absolute atomic E-state index is 0.0612. The van der Waals surface area contributed by atoms with Gasteiger partial charge in [-0.1, -0.05) is 39.5 Å². The Bertz CT molecular complexity index is 528. The van der Waals surface area contributed by atoms with E-state index in [2.05, 4.69) is 24.5 Å². The normalized spacial score (nSPS) is 32.2. The molecule has 4 amide bonds. The molecule has 2 N–H and O–H groups in total. The first kappa shape index (κ1) is 17.2. The molecule has 6 nitrogen and oxygen atoms in total. The average molecular weight is 335 g/mol. The Morgan fingerprint density at radius 3 is 2.62 bits per heavy atom. The Morgan fingerprint density at radius 1 is 1.21 bits per heavy atom. The molecular weight excluding hydrogens is 306 g/mol. The number of amides is 4. The fourth-order valence-corrected chi connectivity index (χ4v) is 4.47. The first-order valence-corrected chi connectivity index (χ1v) is 9.36. The van der Waals surface area contributed by atoms with Gasteiger partial charge in [0.25, 0.3) is 5.91 Å². The van der Waals surface area contributed by atoms with Gasteiger partial charge >= 0.3 is 6.03 Å². The summed E-state index contributed by atoms with van der Waals surface area (Å²) in [6, 6.07) is -0.125. The fourth-order valence-electron chi connectivity index (χ4n) is 4.47. The molecule has 2 saturated carbocycles. The Labute approximate surface area is 143 Å². The van der Waals surface area contributed by atoms with E-state index in [1.165, 1.54) is 11.3 Å². The van der Waals surface area contributed by atoms with E-state index in [1.54, 1.807) is 0 Å². The maximum atomic E-state index is 12.5. The lowest BCUT2D eigenvalue weighted by atomic mass is 9.78. The number of hydrogen-bond donors (Lipinski definition) is 2. The Morgan fingerprint density at radius 2 is 1.92 bits per heavy atom. The van der Waals surface area contributed by atoms with Crippen molar-refractivity contribution in [2.45, 2.75) is 76.8 Å². The largest absolute Gasteiger partial charge is 0.353 e. The van der Waals surface area contributed by atoms with Gasteiger partial charge in [0, 0.05) is 19.0 Å². The molecule has 3 rings (SSSR count). The molecule has 1 spiro atoms. The zero-order valence-electron chi connectivity index (χ0n) is 14.8. The zero-order chi connectivity index (χ0) is 17.3. The number of imide groups is 1. The number of rotatable bonds is 4. The summed E-state index contributed by atoms with van der Waals surface area (Å²) in [5, 5.41) is 5.96. The lowest BCUT2D eigenvalue weighted by Crippen LogP contribution is -2.45. The van der Waals surface area contributed by atoms with Crippen molar-refractivity contribution in [1.82, 2.24) is 15.5 Å². The van der Waals surface area contributed by atoms with Crippen molar-refractivity contribution < 1.29 is 14.4 Å². The van der Waals surface area contributed by atoms with Gasteiger partial charge in [0.15, 0.2) is 0 Å². The summed E-state index contributed by atoms with van der Waals surface area (Å²) in [6.45, 7) is 4.60. The van der Waals surface area contributed by atoms with Crippen LogP contribution in [0.4, 0.5) is 4.79 Å². The highest BCUT2D eigenvalue weighted by molar-refractivity contribution is 6.07. The van der Waals surface area contributed by atoms with Crippen LogP contribution in [0.1, 0.15) is 65.2 Å². The summed E-state index contributed by atoms with van der Waals surface area (Å²) in [5.74, 6) is 0.893. The summed E-state index contributed by atoms with van der Waals surface area (Å²) in [7, 11) is 0. The Kier molecular flexibility index (Phi) is 4.83. The van der Waals surface area contributed by atoms with Crippen molar-refractivity contribution in [1.29, 1.82) is 0 Å². The predicted octanol–water partition coefficient (Wildman–Crippen LogP) is 2.18. The molecule has 1 saturated heterocycles. The maximum Gasteiger partial charge on any atom is 0.325 e. The molecule has 0 unspecified atom stereocenters. The van der Waals surface area contributed by atoms with Gasteiger partial charge in [-0.15, -0.1) is 0 Å². The molecule has 2 aliphatic carbocycles. The average Bonchev–Trinajstić information content (AvgIpc) is 3.09. The molecule has 3 fully saturated rings. The Balaban J connectivity index is 1.51. The van der Waals surface area contributed by atoms with Crippen molar-refractivity contribution >= 4 is 17.8 Å². The van der Waals surface area contributed by atoms with Crippen LogP contribution in [-0.4, -0.2) is 40.9 Å². The van der Waals surface area contributed by atoms with E-state index >= 15 is 0 Å². The van der Waals surface area contributed by atoms with Gasteiger partial charge < -0.3 is 10.6 Å². The summed E-state index contributed by atoms with van der Waals surface area (Å²) < 4.78 is 0. The summed E-state index contributed by atoms with van der Waals surface area (Å²) in [4.78, 5) is 38.2. The molecule has 1 heterocycles. The number of hydrogen-bond acceptors (Lipinski definition) is 3. The van der Waals surface area contributed by atoms with Crippen LogP contribution in [0.3, 0.4) is 0 Å². The third kappa shape index (κ3) is 3.15. The second kappa shape index (κ2) is 6.73. The molecule has 134 valence electrons. The number of carbonyl (C=O) groups excluding carboxylic acids is 3. The topological polar surface area (TPSA) is 78.5 Å². The molecule has 0 aromatic carbocycles. The third-order valence-electron chi connectivity index (χ3n) is 6.32. The first-order valence-electron chi connectivity index (χ1n) is 9.36. The SMILES string of the molecule is C[C@@H]1[C@H](C)CCC[C@H]1NC(=O)CCN1C(=O)NC2(CCCC2)C1=O. The lowest BCUT2D eigenvalue weighted by Gasteiger charge is -2.34. The van der Waals surface area contributed by atoms with Gasteiger partial charge in [-0.25, -0.2) is 4.79 Å². The van der Waals surface area contributed by atoms with E-state index in [-0.39, 0.29) is 36.9 Å². The molecule has 0 aromatic rings. The van der Waals surface area contributed by atoms with Crippen LogP contribution in [0, 0.1) is 11.8 Å². The maximum absolute atomic E-state index is 12.5. The molecule has 3 atom stereocenters. The monoisotopic (exact) mass is 335 g/mol. The number of nitrogens with zero attached hydrogens (tertiary/aromatic N) is 1. The van der Waals surface area contributed by atoms with Crippen molar-refractivity contribution in [3.05, 3.63) is 0 Å². The second-order valence-corrected chi connectivity index (χ2v) is 7.87. The fraction of sp³-hybridized carbons (Fsp3) is 0.833. The number of nitrogens with one attached hydrogen (secondary N) is 2. The number of carbonyl (C=O) groups is 3. The van der Waals surface area contributed by atoms with Crippen LogP contribution in [0.15, 0.2) is 0 Å². The third-order valence-corrected chi connectivity index (χ3v) is 6.32. The van der Waals surface area contributed by atoms with Gasteiger partial charge in [-0.05, 0) is 31.1 Å². The predicted molar refractivity (Wildman–Crippen MR) is 90.2 cm³/mol. The van der Waals surface area contributed by atoms with E-state index < -0.39 is 5.54 Å². The van der Waals surface area contributed by atoms with Gasteiger partial charge in [-0.3, -0.25) is 14.5 Å². The van der Waals surface area contributed by atoms with E-state index in [0.29, 0.717) is 11.8 Å². The Hall–Kier alpha value is -1.59. The van der Waals surface area contributed by atoms with E-state index in [4.69, 9.17) is 0 Å². The van der Waals surface area contributed by atoms with Crippen molar-refractivity contribution in [3.63, 3.8) is 0 Å². The van der Waals surface area contributed by atoms with E-state index in [9.17, 15) is 14.4 Å². The summed E-state index contributed by atoms with van der Waals surface area (Å²) in [6.07, 6.45) is 6.95. The molecule has 0 aromatic heterocycles. The molecule has 1 aliphatic heterocycles. The van der Waals surface area contributed by atoms with Crippen molar-refractivity contribution in [2.24, 2.45) is 11.8 Å². The van der Waals surface area contributed by atoms with Crippen LogP contribution in [0.2, 0.25) is 0 Å². The molecule has 24 heavy (non-hydrogen) atoms. The van der Waals surface area contributed by atoms with Crippen molar-refractivity contribution in [3.8, 4) is 0 Å². The van der Waals surface area contributed by atoms with Crippen LogP contribution in [-0.2, 0) is 9.59 Å². The second-order valence-electron chi connectivity index (χ2n) is 7.87. The van der Waals surface area contributed by atoms with E-state index in [1.807, 2.05) is 0 Å². The van der Waals surface area contributed by atoms with Crippen LogP contribution in [0.5, 0.6) is 0 Å². The lowest BCUT2D eigenvalue weighted by molar-refractivity contribution is -0.131. The minimum atomic E-state index is -0.680. The molecule has 6 heteroatoms. The van der Waals surface area contributed by atoms with Gasteiger partial charge in [-0.2, -0.15) is 0 Å². The van der Waals surface area contributed by atoms with Gasteiger partial charge in [0.2, 0.25) is 5.91 Å². The minimum Gasteiger partial charge on any atom is -0.353 e. The highest BCUT2D eigenvalue weighted by Crippen LogP contribution is 2.35. The summed E-state index contributed by atoms with van der Waals surface area (Å²) >= 11 is 0. The van der Waals surface area contributed by atoms with Crippen LogP contribution >= 0.6 is 0 Å². The highest BCUT2D eigenvalue weighted by Gasteiger charge is 2.52. The molecular formula is C18H29N3O3. The zero-order valence-corrected chi connectivity index (χ0v) is 14.8. The number of urea groups is 1. The van der Waals surface area contributed by atoms with Gasteiger partial charge in [0.1, 0.15) is 5.54 Å². The smallest absolute Gasteiger partial charge is 0.325 e. The molecule has 3 aliphatic rings. The standard InChI is InChI=1S/C18H29N3O3/c1-12-6-5-7-14(13(12)2)19-15(22)8-11-21-16(23)18(20-17(21)24)9-3-4-10-18/h12-14H,3-11H2,1-2H3,(H,19,22)(H,20,24)/t12-,13-,14-/m1/s1. The molecule has 0 radical (unpaired) electrons. The van der Waals surface area contributed by atoms with Crippen molar-refractivity contribution in [2.75, 3.05) is 6.54 Å². The molecule has 0 bridgehead atoms. The van der Waals surface area contributed by atoms with Gasteiger partial charge in [0.05, 0.1) is 0 Å². The van der Waals surface area contributed by atoms with Crippen LogP contribution in [0.25, 0.3) is 0 Å². The quantitative estimate of drug-likeness (QED) is 0.773.